The maximum Gasteiger partial charge on any atom is 0.260 e. The van der Waals surface area contributed by atoms with Crippen molar-refractivity contribution >= 4 is 23.3 Å². The molecule has 3 aromatic rings. The van der Waals surface area contributed by atoms with Gasteiger partial charge in [0, 0.05) is 16.7 Å². The number of rotatable bonds is 3. The zero-order valence-corrected chi connectivity index (χ0v) is 13.4. The molecular weight excluding hydrogens is 324 g/mol. The molecule has 0 N–H and O–H groups in total. The van der Waals surface area contributed by atoms with Gasteiger partial charge in [0.25, 0.3) is 5.91 Å². The maximum atomic E-state index is 12.5. The molecule has 0 bridgehead atoms. The van der Waals surface area contributed by atoms with Crippen molar-refractivity contribution < 1.29 is 9.53 Å². The fourth-order valence-corrected chi connectivity index (χ4v) is 2.88. The Kier molecular flexibility index (Phi) is 3.67. The quantitative estimate of drug-likeness (QED) is 0.697. The van der Waals surface area contributed by atoms with Crippen molar-refractivity contribution in [3.05, 3.63) is 82.9 Å². The second-order valence-corrected chi connectivity index (χ2v) is 5.88. The van der Waals surface area contributed by atoms with Crippen LogP contribution in [-0.2, 0) is 6.54 Å². The molecule has 4 rings (SSSR count). The zero-order valence-electron chi connectivity index (χ0n) is 12.6. The molecule has 2 heterocycles. The number of nitrogens with zero attached hydrogens (tertiary/aromatic N) is 2. The molecule has 118 valence electrons. The minimum atomic E-state index is -0.0435. The van der Waals surface area contributed by atoms with E-state index in [2.05, 4.69) is 4.98 Å². The van der Waals surface area contributed by atoms with Crippen LogP contribution in [0, 0.1) is 0 Å². The first-order chi connectivity index (χ1) is 11.7. The largest absolute Gasteiger partial charge is 0.439 e. The third-order valence-corrected chi connectivity index (χ3v) is 4.06. The summed E-state index contributed by atoms with van der Waals surface area (Å²) in [6.45, 7) is 0.516. The summed E-state index contributed by atoms with van der Waals surface area (Å²) in [7, 11) is 0. The number of hydrogen-bond donors (Lipinski definition) is 0. The van der Waals surface area contributed by atoms with Crippen molar-refractivity contribution in [2.45, 2.75) is 6.54 Å². The van der Waals surface area contributed by atoms with Gasteiger partial charge in [-0.15, -0.1) is 0 Å². The molecule has 0 atom stereocenters. The van der Waals surface area contributed by atoms with Gasteiger partial charge in [-0.3, -0.25) is 9.69 Å². The Balaban J connectivity index is 1.61. The number of ether oxygens (including phenoxy) is 1. The number of aromatic nitrogens is 1. The molecule has 0 aliphatic carbocycles. The number of carbonyl (C=O) groups is 1. The number of carbonyl (C=O) groups excluding carboxylic acids is 1. The average molecular weight is 337 g/mol. The van der Waals surface area contributed by atoms with E-state index in [4.69, 9.17) is 16.3 Å². The number of pyridine rings is 1. The van der Waals surface area contributed by atoms with Crippen LogP contribution in [0.2, 0.25) is 5.02 Å². The Morgan fingerprint density at radius 3 is 2.67 bits per heavy atom. The maximum absolute atomic E-state index is 12.5. The first-order valence-electron chi connectivity index (χ1n) is 7.51. The van der Waals surface area contributed by atoms with Gasteiger partial charge in [-0.1, -0.05) is 41.9 Å². The Bertz CT molecular complexity index is 927. The summed E-state index contributed by atoms with van der Waals surface area (Å²) in [5.74, 6) is 1.54. The number of anilines is 1. The SMILES string of the molecule is O=C1c2ccccc2CN1c1cccc(Oc2cccc(Cl)c2)n1. The summed E-state index contributed by atoms with van der Waals surface area (Å²) in [4.78, 5) is 18.6. The molecule has 1 aliphatic heterocycles. The molecule has 1 aromatic heterocycles. The van der Waals surface area contributed by atoms with E-state index in [0.29, 0.717) is 29.0 Å². The van der Waals surface area contributed by atoms with Gasteiger partial charge in [-0.2, -0.15) is 4.98 Å². The van der Waals surface area contributed by atoms with Crippen molar-refractivity contribution in [3.63, 3.8) is 0 Å². The standard InChI is InChI=1S/C19H13ClN2O2/c20-14-6-3-7-15(11-14)24-18-10-4-9-17(21-18)22-12-13-5-1-2-8-16(13)19(22)23/h1-11H,12H2. The monoisotopic (exact) mass is 336 g/mol. The molecule has 0 saturated carbocycles. The van der Waals surface area contributed by atoms with Crippen LogP contribution >= 0.6 is 11.6 Å². The molecule has 4 nitrogen and oxygen atoms in total. The fraction of sp³-hybridized carbons (Fsp3) is 0.0526. The highest BCUT2D eigenvalue weighted by atomic mass is 35.5. The van der Waals surface area contributed by atoms with Crippen molar-refractivity contribution in [1.29, 1.82) is 0 Å². The van der Waals surface area contributed by atoms with E-state index in [9.17, 15) is 4.79 Å². The van der Waals surface area contributed by atoms with Crippen molar-refractivity contribution in [3.8, 4) is 11.6 Å². The van der Waals surface area contributed by atoms with Crippen molar-refractivity contribution in [2.75, 3.05) is 4.90 Å². The molecule has 24 heavy (non-hydrogen) atoms. The van der Waals surface area contributed by atoms with Gasteiger partial charge < -0.3 is 4.74 Å². The van der Waals surface area contributed by atoms with Gasteiger partial charge in [0.05, 0.1) is 6.54 Å². The summed E-state index contributed by atoms with van der Waals surface area (Å²) in [5, 5.41) is 0.592. The highest BCUT2D eigenvalue weighted by molar-refractivity contribution is 6.30. The molecule has 5 heteroatoms. The molecule has 1 amide bonds. The Morgan fingerprint density at radius 1 is 1.00 bits per heavy atom. The molecule has 1 aliphatic rings. The predicted octanol–water partition coefficient (Wildman–Crippen LogP) is 4.69. The predicted molar refractivity (Wildman–Crippen MR) is 92.7 cm³/mol. The summed E-state index contributed by atoms with van der Waals surface area (Å²) in [6.07, 6.45) is 0. The second kappa shape index (κ2) is 5.98. The van der Waals surface area contributed by atoms with E-state index in [-0.39, 0.29) is 5.91 Å². The smallest absolute Gasteiger partial charge is 0.260 e. The normalized spacial score (nSPS) is 13.0. The molecule has 2 aromatic carbocycles. The van der Waals surface area contributed by atoms with Gasteiger partial charge >= 0.3 is 0 Å². The fourth-order valence-electron chi connectivity index (χ4n) is 2.70. The van der Waals surface area contributed by atoms with Gasteiger partial charge in [-0.05, 0) is 35.9 Å². The second-order valence-electron chi connectivity index (χ2n) is 5.44. The summed E-state index contributed by atoms with van der Waals surface area (Å²) in [6, 6.07) is 20.1. The Hall–Kier alpha value is -2.85. The summed E-state index contributed by atoms with van der Waals surface area (Å²) >= 11 is 5.96. The lowest BCUT2D eigenvalue weighted by atomic mass is 10.1. The van der Waals surface area contributed by atoms with E-state index in [1.807, 2.05) is 36.4 Å². The summed E-state index contributed by atoms with van der Waals surface area (Å²) < 4.78 is 5.74. The summed E-state index contributed by atoms with van der Waals surface area (Å²) in [5.41, 5.74) is 1.73. The van der Waals surface area contributed by atoms with Crippen LogP contribution in [0.3, 0.4) is 0 Å². The van der Waals surface area contributed by atoms with Crippen LogP contribution < -0.4 is 9.64 Å². The van der Waals surface area contributed by atoms with E-state index in [1.54, 1.807) is 35.2 Å². The third-order valence-electron chi connectivity index (χ3n) is 3.83. The first-order valence-corrected chi connectivity index (χ1v) is 7.89. The third kappa shape index (κ3) is 2.72. The van der Waals surface area contributed by atoms with Gasteiger partial charge in [0.15, 0.2) is 0 Å². The highest BCUT2D eigenvalue weighted by Gasteiger charge is 2.28. The molecule has 0 radical (unpaired) electrons. The van der Waals surface area contributed by atoms with E-state index in [0.717, 1.165) is 11.1 Å². The van der Waals surface area contributed by atoms with Gasteiger partial charge in [0.1, 0.15) is 11.6 Å². The Morgan fingerprint density at radius 2 is 1.83 bits per heavy atom. The lowest BCUT2D eigenvalue weighted by Crippen LogP contribution is -2.24. The van der Waals surface area contributed by atoms with Crippen LogP contribution in [-0.4, -0.2) is 10.9 Å². The first kappa shape index (κ1) is 14.7. The number of benzene rings is 2. The van der Waals surface area contributed by atoms with Crippen molar-refractivity contribution in [1.82, 2.24) is 4.98 Å². The van der Waals surface area contributed by atoms with Gasteiger partial charge in [0.2, 0.25) is 5.88 Å². The molecule has 0 fully saturated rings. The highest BCUT2D eigenvalue weighted by Crippen LogP contribution is 2.29. The number of amides is 1. The zero-order chi connectivity index (χ0) is 16.5. The van der Waals surface area contributed by atoms with Crippen LogP contribution in [0.4, 0.5) is 5.82 Å². The minimum Gasteiger partial charge on any atom is -0.439 e. The van der Waals surface area contributed by atoms with Crippen LogP contribution in [0.1, 0.15) is 15.9 Å². The molecular formula is C19H13ClN2O2. The van der Waals surface area contributed by atoms with E-state index >= 15 is 0 Å². The van der Waals surface area contributed by atoms with Crippen LogP contribution in [0.5, 0.6) is 11.6 Å². The lowest BCUT2D eigenvalue weighted by Gasteiger charge is -2.15. The van der Waals surface area contributed by atoms with Crippen molar-refractivity contribution in [2.24, 2.45) is 0 Å². The van der Waals surface area contributed by atoms with Crippen LogP contribution in [0.15, 0.2) is 66.7 Å². The van der Waals surface area contributed by atoms with E-state index in [1.165, 1.54) is 0 Å². The molecule has 0 saturated heterocycles. The molecule has 0 unspecified atom stereocenters. The topological polar surface area (TPSA) is 42.4 Å². The lowest BCUT2D eigenvalue weighted by molar-refractivity contribution is 0.0996. The Labute approximate surface area is 144 Å². The van der Waals surface area contributed by atoms with E-state index < -0.39 is 0 Å². The number of fused-ring (bicyclic) bond motifs is 1. The van der Waals surface area contributed by atoms with Gasteiger partial charge in [-0.25, -0.2) is 0 Å². The number of halogens is 1. The average Bonchev–Trinajstić information content (AvgIpc) is 2.93. The number of hydrogen-bond acceptors (Lipinski definition) is 3. The van der Waals surface area contributed by atoms with Crippen LogP contribution in [0.25, 0.3) is 0 Å². The minimum absolute atomic E-state index is 0.0435. The molecule has 0 spiro atoms.